The van der Waals surface area contributed by atoms with E-state index in [9.17, 15) is 4.79 Å². The molecule has 0 aliphatic heterocycles. The summed E-state index contributed by atoms with van der Waals surface area (Å²) in [5.74, 6) is -0.210. The molecule has 0 spiro atoms. The first-order valence-corrected chi connectivity index (χ1v) is 14.3. The zero-order valence-electron chi connectivity index (χ0n) is 23.8. The van der Waals surface area contributed by atoms with Crippen molar-refractivity contribution in [1.82, 2.24) is 0 Å². The Morgan fingerprint density at radius 2 is 0.909 bits per heavy atom. The Balaban J connectivity index is 3.90. The van der Waals surface area contributed by atoms with Crippen LogP contribution in [0.3, 0.4) is 0 Å². The van der Waals surface area contributed by atoms with Crippen molar-refractivity contribution in [2.24, 2.45) is 10.8 Å². The quantitative estimate of drug-likeness (QED) is 0.102. The maximum absolute atomic E-state index is 12.0. The highest BCUT2D eigenvalue weighted by atomic mass is 16.5. The van der Waals surface area contributed by atoms with Gasteiger partial charge in [-0.1, -0.05) is 125 Å². The smallest absolute Gasteiger partial charge is 0.333 e. The Labute approximate surface area is 208 Å². The Kier molecular flexibility index (Phi) is 18.1. The highest BCUT2D eigenvalue weighted by Gasteiger charge is 2.15. The molecule has 0 aromatic heterocycles. The van der Waals surface area contributed by atoms with Gasteiger partial charge in [0.05, 0.1) is 0 Å². The van der Waals surface area contributed by atoms with Gasteiger partial charge in [-0.2, -0.15) is 0 Å². The van der Waals surface area contributed by atoms with E-state index in [0.717, 1.165) is 12.8 Å². The van der Waals surface area contributed by atoms with Crippen LogP contribution in [0.4, 0.5) is 0 Å². The van der Waals surface area contributed by atoms with Crippen molar-refractivity contribution in [3.05, 3.63) is 12.2 Å². The monoisotopic (exact) mass is 464 g/mol. The van der Waals surface area contributed by atoms with Crippen molar-refractivity contribution >= 4 is 5.97 Å². The molecule has 0 fully saturated rings. The van der Waals surface area contributed by atoms with Gasteiger partial charge in [0.15, 0.2) is 0 Å². The fourth-order valence-corrected chi connectivity index (χ4v) is 4.34. The first kappa shape index (κ1) is 32.2. The second-order valence-electron chi connectivity index (χ2n) is 13.0. The third kappa shape index (κ3) is 24.1. The highest BCUT2D eigenvalue weighted by molar-refractivity contribution is 5.87. The van der Waals surface area contributed by atoms with Crippen molar-refractivity contribution in [1.29, 1.82) is 0 Å². The molecule has 0 aliphatic carbocycles. The van der Waals surface area contributed by atoms with Crippen molar-refractivity contribution in [2.45, 2.75) is 170 Å². The summed E-state index contributed by atoms with van der Waals surface area (Å²) >= 11 is 0. The average molecular weight is 465 g/mol. The van der Waals surface area contributed by atoms with Gasteiger partial charge in [-0.25, -0.2) is 4.79 Å². The van der Waals surface area contributed by atoms with Crippen LogP contribution >= 0.6 is 0 Å². The maximum Gasteiger partial charge on any atom is 0.333 e. The van der Waals surface area contributed by atoms with Gasteiger partial charge in [-0.15, -0.1) is 0 Å². The number of carbonyl (C=O) groups is 1. The van der Waals surface area contributed by atoms with Gasteiger partial charge >= 0.3 is 5.97 Å². The van der Waals surface area contributed by atoms with Crippen LogP contribution in [-0.4, -0.2) is 12.1 Å². The molecule has 0 unspecified atom stereocenters. The molecular weight excluding hydrogens is 404 g/mol. The van der Waals surface area contributed by atoms with Gasteiger partial charge in [-0.3, -0.25) is 0 Å². The van der Waals surface area contributed by atoms with Crippen LogP contribution in [-0.2, 0) is 9.53 Å². The molecule has 2 nitrogen and oxygen atoms in total. The first-order valence-electron chi connectivity index (χ1n) is 14.3. The van der Waals surface area contributed by atoms with Crippen molar-refractivity contribution < 1.29 is 9.53 Å². The molecule has 0 rings (SSSR count). The summed E-state index contributed by atoms with van der Waals surface area (Å²) in [6, 6.07) is 0. The normalized spacial score (nSPS) is 12.4. The molecule has 0 saturated carbocycles. The summed E-state index contributed by atoms with van der Waals surface area (Å²) in [4.78, 5) is 12.0. The molecule has 196 valence electrons. The minimum absolute atomic E-state index is 0.0766. The van der Waals surface area contributed by atoms with Crippen molar-refractivity contribution in [3.63, 3.8) is 0 Å². The van der Waals surface area contributed by atoms with Gasteiger partial charge in [0, 0.05) is 5.57 Å². The maximum atomic E-state index is 12.0. The Hall–Kier alpha value is -0.790. The molecule has 0 radical (unpaired) electrons. The summed E-state index contributed by atoms with van der Waals surface area (Å²) < 4.78 is 5.76. The summed E-state index contributed by atoms with van der Waals surface area (Å²) in [6.45, 7) is 19.5. The van der Waals surface area contributed by atoms with Gasteiger partial charge < -0.3 is 4.74 Å². The molecule has 0 aromatic rings. The molecule has 0 bridgehead atoms. The Morgan fingerprint density at radius 3 is 1.21 bits per heavy atom. The van der Waals surface area contributed by atoms with E-state index < -0.39 is 0 Å². The van der Waals surface area contributed by atoms with Crippen LogP contribution in [0.15, 0.2) is 12.2 Å². The second-order valence-corrected chi connectivity index (χ2v) is 13.0. The lowest BCUT2D eigenvalue weighted by molar-refractivity contribution is -0.145. The van der Waals surface area contributed by atoms with E-state index in [1.807, 2.05) is 0 Å². The summed E-state index contributed by atoms with van der Waals surface area (Å²) in [7, 11) is 0. The van der Waals surface area contributed by atoms with E-state index in [0.29, 0.717) is 16.4 Å². The zero-order valence-corrected chi connectivity index (χ0v) is 23.8. The molecule has 0 aromatic carbocycles. The van der Waals surface area contributed by atoms with Crippen LogP contribution in [0.5, 0.6) is 0 Å². The SMILES string of the molecule is C=C(C)C(=O)OC(CCCCCCCCCC(C)(C)C)CCCCCCCCCC(C)(C)C. The predicted octanol–water partition coefficient (Wildman–Crippen LogP) is 10.6. The van der Waals surface area contributed by atoms with Gasteiger partial charge in [0.2, 0.25) is 0 Å². The van der Waals surface area contributed by atoms with E-state index in [4.69, 9.17) is 4.74 Å². The molecule has 0 N–H and O–H groups in total. The van der Waals surface area contributed by atoms with Crippen LogP contribution < -0.4 is 0 Å². The largest absolute Gasteiger partial charge is 0.459 e. The van der Waals surface area contributed by atoms with Crippen molar-refractivity contribution in [3.8, 4) is 0 Å². The fraction of sp³-hybridized carbons (Fsp3) is 0.903. The Morgan fingerprint density at radius 1 is 0.606 bits per heavy atom. The number of carbonyl (C=O) groups excluding carboxylic acids is 1. The van der Waals surface area contributed by atoms with E-state index >= 15 is 0 Å². The van der Waals surface area contributed by atoms with E-state index in [-0.39, 0.29) is 12.1 Å². The second kappa shape index (κ2) is 18.5. The number of ether oxygens (including phenoxy) is 1. The Bertz CT molecular complexity index is 460. The lowest BCUT2D eigenvalue weighted by Gasteiger charge is -2.18. The molecule has 33 heavy (non-hydrogen) atoms. The van der Waals surface area contributed by atoms with Crippen LogP contribution in [0.2, 0.25) is 0 Å². The fourth-order valence-electron chi connectivity index (χ4n) is 4.34. The van der Waals surface area contributed by atoms with Crippen molar-refractivity contribution in [2.75, 3.05) is 0 Å². The summed E-state index contributed by atoms with van der Waals surface area (Å²) in [5.41, 5.74) is 1.47. The number of hydrogen-bond acceptors (Lipinski definition) is 2. The number of rotatable bonds is 20. The molecular formula is C31H60O2. The molecule has 2 heteroatoms. The standard InChI is InChI=1S/C31H60O2/c1-27(2)29(32)33-28(23-19-15-11-9-13-17-21-25-30(3,4)5)24-20-16-12-10-14-18-22-26-31(6,7)8/h28H,1,9-26H2,2-8H3. The molecule has 0 heterocycles. The van der Waals surface area contributed by atoms with Crippen LogP contribution in [0.25, 0.3) is 0 Å². The highest BCUT2D eigenvalue weighted by Crippen LogP contribution is 2.24. The van der Waals surface area contributed by atoms with Gasteiger partial charge in [-0.05, 0) is 56.3 Å². The molecule has 0 saturated heterocycles. The first-order chi connectivity index (χ1) is 15.4. The number of esters is 1. The van der Waals surface area contributed by atoms with Gasteiger partial charge in [0.25, 0.3) is 0 Å². The van der Waals surface area contributed by atoms with E-state index in [2.05, 4.69) is 48.1 Å². The third-order valence-electron chi connectivity index (χ3n) is 6.53. The number of hydrogen-bond donors (Lipinski definition) is 0. The van der Waals surface area contributed by atoms with Gasteiger partial charge in [0.1, 0.15) is 6.10 Å². The minimum Gasteiger partial charge on any atom is -0.459 e. The third-order valence-corrected chi connectivity index (χ3v) is 6.53. The lowest BCUT2D eigenvalue weighted by Crippen LogP contribution is -2.18. The minimum atomic E-state index is -0.210. The lowest BCUT2D eigenvalue weighted by atomic mass is 9.89. The van der Waals surface area contributed by atoms with Crippen LogP contribution in [0.1, 0.15) is 164 Å². The molecule has 0 aliphatic rings. The van der Waals surface area contributed by atoms with E-state index in [1.54, 1.807) is 6.92 Å². The molecule has 0 amide bonds. The topological polar surface area (TPSA) is 26.3 Å². The summed E-state index contributed by atoms with van der Waals surface area (Å²) in [6.07, 6.45) is 23.1. The number of unbranched alkanes of at least 4 members (excludes halogenated alkanes) is 12. The zero-order chi connectivity index (χ0) is 25.2. The van der Waals surface area contributed by atoms with Crippen LogP contribution in [0, 0.1) is 10.8 Å². The molecule has 0 atom stereocenters. The average Bonchev–Trinajstić information content (AvgIpc) is 2.69. The summed E-state index contributed by atoms with van der Waals surface area (Å²) in [5, 5.41) is 0. The predicted molar refractivity (Wildman–Crippen MR) is 147 cm³/mol. The van der Waals surface area contributed by atoms with E-state index in [1.165, 1.54) is 103 Å².